The van der Waals surface area contributed by atoms with Gasteiger partial charge in [-0.15, -0.1) is 24.0 Å². The molecule has 0 radical (unpaired) electrons. The van der Waals surface area contributed by atoms with Gasteiger partial charge in [-0.25, -0.2) is 0 Å². The molecule has 22 heavy (non-hydrogen) atoms. The molecule has 2 N–H and O–H groups in total. The van der Waals surface area contributed by atoms with Gasteiger partial charge in [-0.3, -0.25) is 4.99 Å². The van der Waals surface area contributed by atoms with E-state index in [1.54, 1.807) is 14.2 Å². The molecule has 7 heteroatoms. The number of benzene rings is 1. The summed E-state index contributed by atoms with van der Waals surface area (Å²) in [6.45, 7) is 3.68. The standard InChI is InChI=1S/C15H25N3O2S.HI/c1-5-16-15(17-9-6-10-21-4)18-12-7-8-13(19-2)14(11-12)20-3;/h7-8,11H,5-6,9-10H2,1-4H3,(H2,16,17,18);1H. The van der Waals surface area contributed by atoms with Gasteiger partial charge in [0.05, 0.1) is 14.2 Å². The van der Waals surface area contributed by atoms with E-state index in [2.05, 4.69) is 21.9 Å². The van der Waals surface area contributed by atoms with E-state index in [1.165, 1.54) is 0 Å². The summed E-state index contributed by atoms with van der Waals surface area (Å²) < 4.78 is 10.5. The largest absolute Gasteiger partial charge is 0.493 e. The van der Waals surface area contributed by atoms with E-state index in [0.717, 1.165) is 36.9 Å². The van der Waals surface area contributed by atoms with Gasteiger partial charge < -0.3 is 20.1 Å². The van der Waals surface area contributed by atoms with Crippen molar-refractivity contribution >= 4 is 47.4 Å². The fourth-order valence-electron chi connectivity index (χ4n) is 1.76. The van der Waals surface area contributed by atoms with Gasteiger partial charge in [0.1, 0.15) is 0 Å². The Kier molecular flexibility index (Phi) is 12.2. The van der Waals surface area contributed by atoms with Crippen LogP contribution in [-0.4, -0.2) is 45.3 Å². The predicted molar refractivity (Wildman–Crippen MR) is 108 cm³/mol. The van der Waals surface area contributed by atoms with Crippen LogP contribution in [0.3, 0.4) is 0 Å². The van der Waals surface area contributed by atoms with Crippen LogP contribution < -0.4 is 20.1 Å². The van der Waals surface area contributed by atoms with Crippen LogP contribution in [0.4, 0.5) is 5.69 Å². The number of ether oxygens (including phenoxy) is 2. The number of methoxy groups -OCH3 is 2. The lowest BCUT2D eigenvalue weighted by atomic mass is 10.3. The van der Waals surface area contributed by atoms with E-state index in [4.69, 9.17) is 9.47 Å². The minimum Gasteiger partial charge on any atom is -0.493 e. The molecule has 0 atom stereocenters. The zero-order valence-corrected chi connectivity index (χ0v) is 16.8. The first-order valence-corrected chi connectivity index (χ1v) is 8.40. The molecule has 0 aliphatic heterocycles. The van der Waals surface area contributed by atoms with E-state index < -0.39 is 0 Å². The minimum atomic E-state index is 0. The van der Waals surface area contributed by atoms with Gasteiger partial charge in [-0.2, -0.15) is 11.8 Å². The third kappa shape index (κ3) is 7.44. The molecule has 1 rings (SSSR count). The first kappa shape index (κ1) is 21.2. The van der Waals surface area contributed by atoms with Gasteiger partial charge in [-0.1, -0.05) is 0 Å². The molecule has 0 unspecified atom stereocenters. The lowest BCUT2D eigenvalue weighted by Gasteiger charge is -2.13. The molecule has 0 amide bonds. The monoisotopic (exact) mass is 439 g/mol. The lowest BCUT2D eigenvalue weighted by molar-refractivity contribution is 0.355. The van der Waals surface area contributed by atoms with Crippen molar-refractivity contribution in [1.82, 2.24) is 5.32 Å². The summed E-state index contributed by atoms with van der Waals surface area (Å²) in [6.07, 6.45) is 3.18. The Morgan fingerprint density at radius 2 is 1.95 bits per heavy atom. The van der Waals surface area contributed by atoms with Crippen molar-refractivity contribution in [3.8, 4) is 11.5 Å². The summed E-state index contributed by atoms with van der Waals surface area (Å²) in [5, 5.41) is 6.51. The topological polar surface area (TPSA) is 54.9 Å². The molecule has 0 saturated heterocycles. The Morgan fingerprint density at radius 1 is 1.23 bits per heavy atom. The van der Waals surface area contributed by atoms with E-state index >= 15 is 0 Å². The Balaban J connectivity index is 0.00000441. The number of aliphatic imine (C=N–C) groups is 1. The summed E-state index contributed by atoms with van der Waals surface area (Å²) in [6, 6.07) is 5.71. The number of guanidine groups is 1. The molecule has 0 heterocycles. The first-order valence-electron chi connectivity index (χ1n) is 7.01. The molecule has 0 spiro atoms. The number of nitrogens with zero attached hydrogens (tertiary/aromatic N) is 1. The van der Waals surface area contributed by atoms with Crippen LogP contribution in [0.1, 0.15) is 13.3 Å². The molecular formula is C15H26IN3O2S. The Hall–Kier alpha value is -0.830. The molecule has 1 aromatic carbocycles. The van der Waals surface area contributed by atoms with Crippen LogP contribution in [0.25, 0.3) is 0 Å². The molecule has 1 aromatic rings. The highest BCUT2D eigenvalue weighted by Gasteiger charge is 2.06. The Bertz CT molecular complexity index is 458. The number of thioether (sulfide) groups is 1. The highest BCUT2D eigenvalue weighted by Crippen LogP contribution is 2.29. The third-order valence-corrected chi connectivity index (χ3v) is 3.46. The second kappa shape index (κ2) is 12.7. The van der Waals surface area contributed by atoms with Crippen LogP contribution in [0, 0.1) is 0 Å². The number of nitrogens with one attached hydrogen (secondary N) is 2. The summed E-state index contributed by atoms with van der Waals surface area (Å²) >= 11 is 1.84. The molecule has 0 fully saturated rings. The van der Waals surface area contributed by atoms with Crippen LogP contribution in [-0.2, 0) is 0 Å². The van der Waals surface area contributed by atoms with Crippen molar-refractivity contribution < 1.29 is 9.47 Å². The van der Waals surface area contributed by atoms with E-state index in [-0.39, 0.29) is 24.0 Å². The highest BCUT2D eigenvalue weighted by atomic mass is 127. The van der Waals surface area contributed by atoms with Gasteiger partial charge >= 0.3 is 0 Å². The van der Waals surface area contributed by atoms with E-state index in [0.29, 0.717) is 11.5 Å². The minimum absolute atomic E-state index is 0. The van der Waals surface area contributed by atoms with Crippen LogP contribution in [0.15, 0.2) is 23.2 Å². The van der Waals surface area contributed by atoms with E-state index in [1.807, 2.05) is 36.9 Å². The number of hydrogen-bond acceptors (Lipinski definition) is 4. The number of anilines is 1. The van der Waals surface area contributed by atoms with Crippen molar-refractivity contribution in [3.63, 3.8) is 0 Å². The fourth-order valence-corrected chi connectivity index (χ4v) is 2.18. The predicted octanol–water partition coefficient (Wildman–Crippen LogP) is 3.45. The number of halogens is 1. The molecule has 126 valence electrons. The molecule has 0 aromatic heterocycles. The summed E-state index contributed by atoms with van der Waals surface area (Å²) in [5.41, 5.74) is 0.914. The lowest BCUT2D eigenvalue weighted by Crippen LogP contribution is -2.30. The van der Waals surface area contributed by atoms with Gasteiger partial charge in [-0.05, 0) is 37.5 Å². The quantitative estimate of drug-likeness (QED) is 0.281. The molecule has 0 aliphatic carbocycles. The van der Waals surface area contributed by atoms with Gasteiger partial charge in [0, 0.05) is 24.8 Å². The Labute approximate surface area is 154 Å². The average Bonchev–Trinajstić information content (AvgIpc) is 2.51. The van der Waals surface area contributed by atoms with Crippen LogP contribution >= 0.6 is 35.7 Å². The van der Waals surface area contributed by atoms with Crippen molar-refractivity contribution in [1.29, 1.82) is 0 Å². The zero-order chi connectivity index (χ0) is 15.5. The molecule has 0 aliphatic rings. The SMILES string of the molecule is CCNC(=NCCCSC)Nc1ccc(OC)c(OC)c1.I. The second-order valence-corrected chi connectivity index (χ2v) is 5.29. The average molecular weight is 439 g/mol. The van der Waals surface area contributed by atoms with Crippen LogP contribution in [0.5, 0.6) is 11.5 Å². The summed E-state index contributed by atoms with van der Waals surface area (Å²) in [7, 11) is 3.26. The van der Waals surface area contributed by atoms with Gasteiger partial charge in [0.25, 0.3) is 0 Å². The number of rotatable bonds is 8. The second-order valence-electron chi connectivity index (χ2n) is 4.30. The van der Waals surface area contributed by atoms with Crippen molar-refractivity contribution in [2.24, 2.45) is 4.99 Å². The summed E-state index contributed by atoms with van der Waals surface area (Å²) in [4.78, 5) is 4.55. The van der Waals surface area contributed by atoms with Gasteiger partial charge in [0.2, 0.25) is 0 Å². The zero-order valence-electron chi connectivity index (χ0n) is 13.6. The maximum Gasteiger partial charge on any atom is 0.195 e. The molecule has 0 saturated carbocycles. The van der Waals surface area contributed by atoms with Crippen LogP contribution in [0.2, 0.25) is 0 Å². The Morgan fingerprint density at radius 3 is 2.55 bits per heavy atom. The maximum atomic E-state index is 5.30. The highest BCUT2D eigenvalue weighted by molar-refractivity contribution is 14.0. The smallest absolute Gasteiger partial charge is 0.195 e. The summed E-state index contributed by atoms with van der Waals surface area (Å²) in [5.74, 6) is 3.32. The van der Waals surface area contributed by atoms with Crippen molar-refractivity contribution in [2.75, 3.05) is 44.6 Å². The fraction of sp³-hybridized carbons (Fsp3) is 0.533. The molecular weight excluding hydrogens is 413 g/mol. The van der Waals surface area contributed by atoms with Crippen molar-refractivity contribution in [2.45, 2.75) is 13.3 Å². The maximum absolute atomic E-state index is 5.30. The number of hydrogen-bond donors (Lipinski definition) is 2. The van der Waals surface area contributed by atoms with Crippen molar-refractivity contribution in [3.05, 3.63) is 18.2 Å². The normalized spacial score (nSPS) is 10.6. The van der Waals surface area contributed by atoms with E-state index in [9.17, 15) is 0 Å². The molecule has 0 bridgehead atoms. The third-order valence-electron chi connectivity index (χ3n) is 2.77. The first-order chi connectivity index (χ1) is 10.2. The van der Waals surface area contributed by atoms with Gasteiger partial charge in [0.15, 0.2) is 17.5 Å². The molecule has 5 nitrogen and oxygen atoms in total.